The van der Waals surface area contributed by atoms with Crippen molar-refractivity contribution in [3.63, 3.8) is 0 Å². The molecule has 1 N–H and O–H groups in total. The second-order valence-electron chi connectivity index (χ2n) is 7.06. The third-order valence-corrected chi connectivity index (χ3v) is 5.92. The highest BCUT2D eigenvalue weighted by Crippen LogP contribution is 2.30. The predicted molar refractivity (Wildman–Crippen MR) is 117 cm³/mol. The van der Waals surface area contributed by atoms with Gasteiger partial charge in [-0.1, -0.05) is 42.7 Å². The molecule has 1 amide bonds. The van der Waals surface area contributed by atoms with Gasteiger partial charge < -0.3 is 9.84 Å². The number of hydrogen-bond donors (Lipinski definition) is 1. The minimum atomic E-state index is -0.406. The Hall–Kier alpha value is -3.03. The lowest BCUT2D eigenvalue weighted by molar-refractivity contribution is 0.0918. The fourth-order valence-electron chi connectivity index (χ4n) is 2.93. The number of rotatable bonds is 6. The number of aromatic nitrogens is 3. The van der Waals surface area contributed by atoms with Crippen LogP contribution in [0.5, 0.6) is 0 Å². The van der Waals surface area contributed by atoms with Gasteiger partial charge in [-0.25, -0.2) is 0 Å². The van der Waals surface area contributed by atoms with Crippen LogP contribution in [0.4, 0.5) is 0 Å². The van der Waals surface area contributed by atoms with E-state index in [-0.39, 0.29) is 11.8 Å². The third kappa shape index (κ3) is 4.42. The van der Waals surface area contributed by atoms with Gasteiger partial charge in [-0.3, -0.25) is 9.78 Å². The molecule has 8 heteroatoms. The first-order valence-corrected chi connectivity index (χ1v) is 10.6. The Kier molecular flexibility index (Phi) is 5.92. The van der Waals surface area contributed by atoms with Crippen molar-refractivity contribution in [2.75, 3.05) is 0 Å². The van der Waals surface area contributed by atoms with Gasteiger partial charge in [0.15, 0.2) is 0 Å². The van der Waals surface area contributed by atoms with Gasteiger partial charge in [-0.2, -0.15) is 4.98 Å². The summed E-state index contributed by atoms with van der Waals surface area (Å²) >= 11 is 7.38. The zero-order valence-corrected chi connectivity index (χ0v) is 17.9. The summed E-state index contributed by atoms with van der Waals surface area (Å²) in [5, 5.41) is 7.74. The second kappa shape index (κ2) is 8.77. The van der Waals surface area contributed by atoms with Crippen LogP contribution in [-0.4, -0.2) is 21.0 Å². The molecule has 3 heterocycles. The van der Waals surface area contributed by atoms with E-state index in [1.54, 1.807) is 12.4 Å². The highest BCUT2D eigenvalue weighted by Gasteiger charge is 2.26. The molecule has 3 aromatic heterocycles. The SMILES string of the molecule is CC(C)C(NC(=O)c1ccc(-c2ccc(Cl)cc2)s1)c1nc(-c2cccnc2)no1. The molecular formula is C22H19ClN4O2S. The van der Waals surface area contributed by atoms with E-state index in [9.17, 15) is 4.79 Å². The van der Waals surface area contributed by atoms with Gasteiger partial charge in [0, 0.05) is 27.9 Å². The quantitative estimate of drug-likeness (QED) is 0.421. The normalized spacial score (nSPS) is 12.1. The van der Waals surface area contributed by atoms with Gasteiger partial charge in [0.1, 0.15) is 6.04 Å². The van der Waals surface area contributed by atoms with E-state index in [4.69, 9.17) is 16.1 Å². The summed E-state index contributed by atoms with van der Waals surface area (Å²) < 4.78 is 5.45. The number of benzene rings is 1. The smallest absolute Gasteiger partial charge is 0.262 e. The van der Waals surface area contributed by atoms with Crippen LogP contribution in [0.15, 0.2) is 65.4 Å². The molecule has 1 unspecified atom stereocenters. The molecule has 0 aliphatic heterocycles. The highest BCUT2D eigenvalue weighted by atomic mass is 35.5. The minimum Gasteiger partial charge on any atom is -0.339 e. The number of nitrogens with zero attached hydrogens (tertiary/aromatic N) is 3. The number of hydrogen-bond acceptors (Lipinski definition) is 6. The van der Waals surface area contributed by atoms with Crippen LogP contribution in [0.1, 0.15) is 35.5 Å². The van der Waals surface area contributed by atoms with Gasteiger partial charge in [0.25, 0.3) is 5.91 Å². The summed E-state index contributed by atoms with van der Waals surface area (Å²) in [6.07, 6.45) is 3.35. The monoisotopic (exact) mass is 438 g/mol. The van der Waals surface area contributed by atoms with Gasteiger partial charge in [0.2, 0.25) is 11.7 Å². The summed E-state index contributed by atoms with van der Waals surface area (Å²) in [4.78, 5) is 23.0. The molecule has 1 atom stereocenters. The topological polar surface area (TPSA) is 80.9 Å². The predicted octanol–water partition coefficient (Wildman–Crippen LogP) is 5.64. The lowest BCUT2D eigenvalue weighted by atomic mass is 10.0. The van der Waals surface area contributed by atoms with E-state index in [1.165, 1.54) is 11.3 Å². The molecule has 152 valence electrons. The maximum atomic E-state index is 12.9. The Labute approximate surface area is 182 Å². The molecule has 0 saturated heterocycles. The largest absolute Gasteiger partial charge is 0.339 e. The van der Waals surface area contributed by atoms with Crippen LogP contribution >= 0.6 is 22.9 Å². The van der Waals surface area contributed by atoms with Crippen molar-refractivity contribution in [3.05, 3.63) is 76.7 Å². The molecule has 30 heavy (non-hydrogen) atoms. The lowest BCUT2D eigenvalue weighted by Gasteiger charge is -2.17. The number of halogens is 1. The number of pyridine rings is 1. The molecule has 0 aliphatic rings. The van der Waals surface area contributed by atoms with Crippen LogP contribution in [0.3, 0.4) is 0 Å². The van der Waals surface area contributed by atoms with Crippen molar-refractivity contribution in [3.8, 4) is 21.8 Å². The van der Waals surface area contributed by atoms with E-state index in [0.717, 1.165) is 16.0 Å². The van der Waals surface area contributed by atoms with E-state index in [2.05, 4.69) is 20.4 Å². The summed E-state index contributed by atoms with van der Waals surface area (Å²) in [5.74, 6) is 0.692. The van der Waals surface area contributed by atoms with Crippen molar-refractivity contribution < 1.29 is 9.32 Å². The molecule has 0 spiro atoms. The van der Waals surface area contributed by atoms with Crippen molar-refractivity contribution in [2.45, 2.75) is 19.9 Å². The van der Waals surface area contributed by atoms with E-state index in [1.807, 2.05) is 62.4 Å². The molecule has 0 aliphatic carbocycles. The summed E-state index contributed by atoms with van der Waals surface area (Å²) in [6.45, 7) is 3.99. The number of nitrogens with one attached hydrogen (secondary N) is 1. The van der Waals surface area contributed by atoms with Crippen molar-refractivity contribution >= 4 is 28.8 Å². The molecule has 6 nitrogen and oxygen atoms in total. The Morgan fingerprint density at radius 3 is 2.60 bits per heavy atom. The molecule has 0 radical (unpaired) electrons. The molecular weight excluding hydrogens is 420 g/mol. The summed E-state index contributed by atoms with van der Waals surface area (Å²) in [6, 6.07) is 14.5. The number of carbonyl (C=O) groups excluding carboxylic acids is 1. The zero-order chi connectivity index (χ0) is 21.1. The van der Waals surface area contributed by atoms with E-state index in [0.29, 0.717) is 21.6 Å². The van der Waals surface area contributed by atoms with E-state index < -0.39 is 6.04 Å². The Balaban J connectivity index is 1.52. The fraction of sp³-hybridized carbons (Fsp3) is 0.182. The number of amides is 1. The fourth-order valence-corrected chi connectivity index (χ4v) is 3.97. The van der Waals surface area contributed by atoms with Crippen LogP contribution in [0, 0.1) is 5.92 Å². The molecule has 0 saturated carbocycles. The first-order chi connectivity index (χ1) is 14.5. The molecule has 1 aromatic carbocycles. The lowest BCUT2D eigenvalue weighted by Crippen LogP contribution is -2.31. The molecule has 0 fully saturated rings. The van der Waals surface area contributed by atoms with Crippen molar-refractivity contribution in [2.24, 2.45) is 5.92 Å². The summed E-state index contributed by atoms with van der Waals surface area (Å²) in [7, 11) is 0. The van der Waals surface area contributed by atoms with Crippen LogP contribution in [0.25, 0.3) is 21.8 Å². The van der Waals surface area contributed by atoms with Gasteiger partial charge in [-0.05, 0) is 47.9 Å². The van der Waals surface area contributed by atoms with Gasteiger partial charge in [-0.15, -0.1) is 11.3 Å². The van der Waals surface area contributed by atoms with Gasteiger partial charge in [0.05, 0.1) is 4.88 Å². The zero-order valence-electron chi connectivity index (χ0n) is 16.4. The first-order valence-electron chi connectivity index (χ1n) is 9.42. The highest BCUT2D eigenvalue weighted by molar-refractivity contribution is 7.17. The maximum absolute atomic E-state index is 12.9. The Bertz CT molecular complexity index is 1140. The summed E-state index contributed by atoms with van der Waals surface area (Å²) in [5.41, 5.74) is 1.77. The van der Waals surface area contributed by atoms with E-state index >= 15 is 0 Å². The molecule has 0 bridgehead atoms. The Morgan fingerprint density at radius 2 is 1.90 bits per heavy atom. The first kappa shape index (κ1) is 20.3. The van der Waals surface area contributed by atoms with Crippen molar-refractivity contribution in [1.29, 1.82) is 0 Å². The second-order valence-corrected chi connectivity index (χ2v) is 8.58. The van der Waals surface area contributed by atoms with Crippen LogP contribution < -0.4 is 5.32 Å². The Morgan fingerprint density at radius 1 is 1.10 bits per heavy atom. The third-order valence-electron chi connectivity index (χ3n) is 4.54. The van der Waals surface area contributed by atoms with Crippen molar-refractivity contribution in [1.82, 2.24) is 20.4 Å². The maximum Gasteiger partial charge on any atom is 0.262 e. The average Bonchev–Trinajstić information content (AvgIpc) is 3.43. The number of carbonyl (C=O) groups is 1. The minimum absolute atomic E-state index is 0.0619. The standard InChI is InChI=1S/C22H19ClN4O2S/c1-13(2)19(22-26-20(27-29-22)15-4-3-11-24-12-15)25-21(28)18-10-9-17(30-18)14-5-7-16(23)8-6-14/h3-13,19H,1-2H3,(H,25,28). The van der Waals surface area contributed by atoms with Crippen LogP contribution in [-0.2, 0) is 0 Å². The van der Waals surface area contributed by atoms with Crippen LogP contribution in [0.2, 0.25) is 5.02 Å². The average molecular weight is 439 g/mol. The molecule has 4 rings (SSSR count). The van der Waals surface area contributed by atoms with Gasteiger partial charge >= 0.3 is 0 Å². The molecule has 4 aromatic rings. The number of thiophene rings is 1.